The molecule has 28 heteroatoms. The Hall–Kier alpha value is -8.17. The fourth-order valence-corrected chi connectivity index (χ4v) is 27.5. The van der Waals surface area contributed by atoms with E-state index >= 15 is 0 Å². The van der Waals surface area contributed by atoms with Crippen molar-refractivity contribution in [2.45, 2.75) is 224 Å². The Morgan fingerprint density at radius 2 is 1.01 bits per heavy atom. The number of anilines is 2. The van der Waals surface area contributed by atoms with Crippen LogP contribution in [0, 0.1) is 22.7 Å². The number of aliphatic hydroxyl groups is 9. The number of rotatable bonds is 24. The van der Waals surface area contributed by atoms with E-state index in [1.807, 2.05) is 106 Å². The van der Waals surface area contributed by atoms with Crippen molar-refractivity contribution >= 4 is 63.9 Å². The molecule has 2 spiro atoms. The summed E-state index contributed by atoms with van der Waals surface area (Å²) in [6, 6.07) is 21.6. The molecule has 12 heterocycles. The van der Waals surface area contributed by atoms with E-state index in [0.717, 1.165) is 104 Å². The first-order chi connectivity index (χ1) is 59.1. The van der Waals surface area contributed by atoms with Crippen molar-refractivity contribution in [2.75, 3.05) is 129 Å². The van der Waals surface area contributed by atoms with Crippen molar-refractivity contribution in [2.24, 2.45) is 28.4 Å². The molecule has 2 amide bonds. The second-order valence-corrected chi connectivity index (χ2v) is 38.6. The van der Waals surface area contributed by atoms with Gasteiger partial charge in [0.15, 0.2) is 11.2 Å². The van der Waals surface area contributed by atoms with E-state index in [-0.39, 0.29) is 83.1 Å². The first kappa shape index (κ1) is 86.9. The van der Waals surface area contributed by atoms with E-state index in [1.54, 1.807) is 0 Å². The van der Waals surface area contributed by atoms with Gasteiger partial charge >= 0.3 is 5.97 Å². The van der Waals surface area contributed by atoms with Crippen LogP contribution in [0.2, 0.25) is 0 Å². The number of hydrogen-bond acceptors (Lipinski definition) is 24. The van der Waals surface area contributed by atoms with E-state index < -0.39 is 103 Å². The topological polar surface area (TPSA) is 396 Å². The fourth-order valence-electron chi connectivity index (χ4n) is 27.5. The Labute approximate surface area is 719 Å². The molecule has 2 aliphatic carbocycles. The number of carbonyl (C=O) groups excluding carboxylic acids is 5. The molecule has 21 atom stereocenters. The summed E-state index contributed by atoms with van der Waals surface area (Å²) in [7, 11) is 3.74. The summed E-state index contributed by atoms with van der Waals surface area (Å²) in [4.78, 5) is 87.4. The smallest absolute Gasteiger partial charge is 0.322 e. The lowest BCUT2D eigenvalue weighted by atomic mass is 9.47. The molecule has 664 valence electrons. The van der Waals surface area contributed by atoms with Crippen LogP contribution in [0.5, 0.6) is 0 Å². The number of para-hydroxylation sites is 2. The number of benzene rings is 4. The van der Waals surface area contributed by atoms with Gasteiger partial charge < -0.3 is 96.3 Å². The van der Waals surface area contributed by atoms with Gasteiger partial charge in [0.1, 0.15) is 31.5 Å². The zero-order chi connectivity index (χ0) is 86.9. The number of piperidine rings is 2. The lowest BCUT2D eigenvalue weighted by Crippen LogP contribution is -2.81. The summed E-state index contributed by atoms with van der Waals surface area (Å²) in [6.45, 7) is 16.8. The first-order valence-electron chi connectivity index (χ1n) is 45.1. The number of amides is 2. The highest BCUT2D eigenvalue weighted by molar-refractivity contribution is 5.93. The number of ether oxygens (including phenoxy) is 3. The number of H-pyrrole nitrogens is 2. The molecule has 12 unspecified atom stereocenters. The monoisotopic (exact) mass is 1690 g/mol. The lowest BCUT2D eigenvalue weighted by molar-refractivity contribution is -0.203. The van der Waals surface area contributed by atoms with Gasteiger partial charge in [-0.25, -0.2) is 0 Å². The Balaban J connectivity index is 0.000000175. The molecule has 18 rings (SSSR count). The largest absolute Gasteiger partial charge is 0.467 e. The maximum absolute atomic E-state index is 14.9. The van der Waals surface area contributed by atoms with Crippen molar-refractivity contribution < 1.29 is 84.1 Å². The number of fused-ring (bicyclic) bond motifs is 12. The van der Waals surface area contributed by atoms with Crippen LogP contribution < -0.4 is 26.2 Å². The molecule has 6 fully saturated rings. The molecule has 10 aliphatic heterocycles. The maximum Gasteiger partial charge on any atom is 0.322 e. The highest BCUT2D eigenvalue weighted by Crippen LogP contribution is 2.70. The minimum Gasteiger partial charge on any atom is -0.467 e. The third kappa shape index (κ3) is 13.0. The number of aliphatic hydroxyl groups excluding tert-OH is 5. The van der Waals surface area contributed by atoms with Gasteiger partial charge in [0.2, 0.25) is 0 Å². The molecular weight excluding hydrogens is 1570 g/mol. The summed E-state index contributed by atoms with van der Waals surface area (Å²) in [5, 5.41) is 117. The molecule has 0 radical (unpaired) electrons. The lowest BCUT2D eigenvalue weighted by Gasteiger charge is -2.63. The number of nitrogens with one attached hydrogen (secondary N) is 4. The Bertz CT molecular complexity index is 5110. The van der Waals surface area contributed by atoms with Crippen LogP contribution in [-0.2, 0) is 85.9 Å². The second-order valence-electron chi connectivity index (χ2n) is 38.6. The zero-order valence-corrected chi connectivity index (χ0v) is 72.3. The van der Waals surface area contributed by atoms with E-state index in [0.29, 0.717) is 147 Å². The average Bonchev–Trinajstić information content (AvgIpc) is 1.49. The third-order valence-electron chi connectivity index (χ3n) is 32.4. The van der Waals surface area contributed by atoms with Crippen LogP contribution in [0.1, 0.15) is 168 Å². The molecule has 123 heavy (non-hydrogen) atoms. The van der Waals surface area contributed by atoms with Crippen LogP contribution in [0.25, 0.3) is 21.8 Å². The van der Waals surface area contributed by atoms with Crippen molar-refractivity contribution in [1.29, 1.82) is 0 Å². The number of nitrogens with two attached hydrogens (primary N) is 1. The van der Waals surface area contributed by atoms with Gasteiger partial charge in [0, 0.05) is 164 Å². The van der Waals surface area contributed by atoms with E-state index in [4.69, 9.17) is 19.9 Å². The molecule has 12 aliphatic rings. The summed E-state index contributed by atoms with van der Waals surface area (Å²) >= 11 is 0. The molecule has 4 bridgehead atoms. The average molecular weight is 1700 g/mol. The Morgan fingerprint density at radius 3 is 1.41 bits per heavy atom. The van der Waals surface area contributed by atoms with Gasteiger partial charge in [-0.1, -0.05) is 101 Å². The number of esters is 1. The maximum atomic E-state index is 14.9. The molecule has 4 saturated heterocycles. The summed E-state index contributed by atoms with van der Waals surface area (Å²) < 4.78 is 17.2. The number of aromatic nitrogens is 2. The van der Waals surface area contributed by atoms with E-state index in [9.17, 15) is 69.9 Å². The highest BCUT2D eigenvalue weighted by atomic mass is 16.5. The fraction of sp³-hybridized carbons (Fsp3) is 0.611. The van der Waals surface area contributed by atoms with Crippen LogP contribution in [0.15, 0.2) is 97.1 Å². The van der Waals surface area contributed by atoms with Crippen molar-refractivity contribution in [3.05, 3.63) is 153 Å². The van der Waals surface area contributed by atoms with Gasteiger partial charge in [-0.2, -0.15) is 0 Å². The van der Waals surface area contributed by atoms with Gasteiger partial charge in [-0.05, 0) is 191 Å². The molecule has 2 aromatic heterocycles. The van der Waals surface area contributed by atoms with Crippen LogP contribution in [0.3, 0.4) is 0 Å². The van der Waals surface area contributed by atoms with Crippen LogP contribution in [-0.4, -0.2) is 290 Å². The summed E-state index contributed by atoms with van der Waals surface area (Å²) in [5.74, 6) is -1.95. The van der Waals surface area contributed by atoms with Crippen molar-refractivity contribution in [1.82, 2.24) is 40.2 Å². The molecule has 15 N–H and O–H groups in total. The third-order valence-corrected chi connectivity index (χ3v) is 32.4. The Kier molecular flexibility index (Phi) is 23.0. The minimum atomic E-state index is -2.32. The van der Waals surface area contributed by atoms with Gasteiger partial charge in [0.05, 0.1) is 53.9 Å². The number of hydrogen-bond donors (Lipinski definition) is 14. The highest BCUT2D eigenvalue weighted by Gasteiger charge is 2.81. The summed E-state index contributed by atoms with van der Waals surface area (Å²) in [5.41, 5.74) is 5.71. The second kappa shape index (κ2) is 32.6. The quantitative estimate of drug-likeness (QED) is 0.0132. The zero-order valence-electron chi connectivity index (χ0n) is 72.3. The SMILES string of the molecule is CCC1(O)CC2CN(CCc3c([nH]c4ccccc34)[C@@](COC=O)(c3cc4c(cc3CO)N(C)C3C45CCN4CC=C[C@](CC)(C45)[C@@H](O)[C@]3(O)C(=O)NCCCO)C2)C1.CCC1(O)CC2CN(CCc3c([nH]c4ccccc34)[C@@](COC=O)(c3cc4c(cc3CO)N(C)C3C45CCN4CC=C[C@](CC)(C45)[C@@H](O)[C@]3(O)C(=O)NCCCOC(=O)[C@H](C)N)C2)C1. The van der Waals surface area contributed by atoms with E-state index in [2.05, 4.69) is 82.7 Å². The molecular formula is C95H127N11O17. The predicted molar refractivity (Wildman–Crippen MR) is 463 cm³/mol. The normalized spacial score (nSPS) is 36.3. The molecule has 28 nitrogen and oxygen atoms in total. The molecule has 2 saturated carbocycles. The minimum absolute atomic E-state index is 0.00503. The molecule has 6 aromatic rings. The standard InChI is InChI=1S/C49H66N6O9.C46H61N5O8/c1-5-45(61)23-31-24-47(28-63-29-57,39-34(13-18-54(25-31)27-45)33-11-7-8-12-37(33)52-39)35-22-36-38(21-32(35)26-56)53(4)42-48(36)15-19-55-17-9-14-46(6-2,41(48)55)43(59)49(42,62)44(60)51-16-10-20-64-40(58)30(3)50;1-4-42(57)22-29-23-44(27-59-28-54,37-32(12-17-50(24-29)26-42)31-10-6-7-11-35(31)48-37)33-21-34-36(20-30(33)25-53)49(3)39-45(34)14-18-51-16-8-13-43(5-2,38(45)51)40(55)46(39,58)41(56)47-15-9-19-52/h7-9,11-12,14,21-22,29-31,41-43,52,56,59,61-62H,5-6,10,13,15-20,23-28,50H2,1-4H3,(H,51,60);6-8,10-11,13,20-21,28-29,38-40,48,52-53,55,57-58H,4-5,9,12,14-19,22-27H2,1-3H3,(H,47,56)/t30-,31?,41?,42?,43+,45?,46+,47-,48?,49-;29?,38?,39?,40-,42?,43-,44+,45?,46+/m01/s1. The van der Waals surface area contributed by atoms with Gasteiger partial charge in [0.25, 0.3) is 24.8 Å². The number of likely N-dealkylation sites (N-methyl/N-ethyl adjacent to an activating group) is 2. The van der Waals surface area contributed by atoms with Crippen LogP contribution >= 0.6 is 0 Å². The number of aromatic amines is 2. The van der Waals surface area contributed by atoms with Crippen molar-refractivity contribution in [3.63, 3.8) is 0 Å². The van der Waals surface area contributed by atoms with Crippen molar-refractivity contribution in [3.8, 4) is 0 Å². The number of nitrogens with zero attached hydrogens (tertiary/aromatic N) is 6. The Morgan fingerprint density at radius 1 is 0.577 bits per heavy atom. The van der Waals surface area contributed by atoms with Gasteiger partial charge in [-0.3, -0.25) is 43.6 Å². The first-order valence-corrected chi connectivity index (χ1v) is 45.1. The van der Waals surface area contributed by atoms with Gasteiger partial charge in [-0.15, -0.1) is 0 Å². The van der Waals surface area contributed by atoms with E-state index in [1.165, 1.54) is 6.92 Å². The van der Waals surface area contributed by atoms with Crippen LogP contribution in [0.4, 0.5) is 11.4 Å². The number of carbonyl (C=O) groups is 5. The molecule has 4 aromatic carbocycles. The predicted octanol–water partition coefficient (Wildman–Crippen LogP) is 4.36. The summed E-state index contributed by atoms with van der Waals surface area (Å²) in [6.07, 6.45) is 12.6.